The van der Waals surface area contributed by atoms with E-state index >= 15 is 0 Å². The zero-order chi connectivity index (χ0) is 16.5. The molecule has 2 aromatic carbocycles. The van der Waals surface area contributed by atoms with Gasteiger partial charge in [0.05, 0.1) is 0 Å². The quantitative estimate of drug-likeness (QED) is 0.788. The van der Waals surface area contributed by atoms with Gasteiger partial charge in [-0.15, -0.1) is 0 Å². The third kappa shape index (κ3) is 2.66. The molecule has 4 rings (SSSR count). The van der Waals surface area contributed by atoms with Crippen LogP contribution in [0.1, 0.15) is 40.2 Å². The van der Waals surface area contributed by atoms with Gasteiger partial charge in [0, 0.05) is 18.7 Å². The maximum absolute atomic E-state index is 12.7. The summed E-state index contributed by atoms with van der Waals surface area (Å²) in [5.41, 5.74) is 4.97. The van der Waals surface area contributed by atoms with Crippen molar-refractivity contribution >= 4 is 16.9 Å². The zero-order valence-corrected chi connectivity index (χ0v) is 13.7. The van der Waals surface area contributed by atoms with Crippen molar-refractivity contribution < 1.29 is 4.79 Å². The molecular weight excluding hydrogens is 300 g/mol. The number of carbonyl (C=O) groups is 1. The van der Waals surface area contributed by atoms with Gasteiger partial charge in [0.25, 0.3) is 5.91 Å². The molecule has 0 spiro atoms. The van der Waals surface area contributed by atoms with Gasteiger partial charge in [0.1, 0.15) is 11.0 Å². The molecule has 0 unspecified atom stereocenters. The number of likely N-dealkylation sites (tertiary alicyclic amines) is 1. The minimum Gasteiger partial charge on any atom is -0.339 e. The van der Waals surface area contributed by atoms with Gasteiger partial charge in [-0.25, -0.2) is 0 Å². The van der Waals surface area contributed by atoms with Gasteiger partial charge < -0.3 is 4.90 Å². The number of amides is 1. The van der Waals surface area contributed by atoms with Gasteiger partial charge >= 0.3 is 0 Å². The van der Waals surface area contributed by atoms with Crippen molar-refractivity contribution in [2.24, 2.45) is 0 Å². The number of carbonyl (C=O) groups excluding carboxylic acids is 1. The van der Waals surface area contributed by atoms with E-state index in [9.17, 15) is 4.79 Å². The summed E-state index contributed by atoms with van der Waals surface area (Å²) < 4.78 is 0. The van der Waals surface area contributed by atoms with Crippen molar-refractivity contribution in [3.63, 3.8) is 0 Å². The normalized spacial score (nSPS) is 15.8. The second kappa shape index (κ2) is 6.07. The highest BCUT2D eigenvalue weighted by atomic mass is 16.2. The highest BCUT2D eigenvalue weighted by Gasteiger charge is 2.25. The van der Waals surface area contributed by atoms with Crippen LogP contribution >= 0.6 is 0 Å². The van der Waals surface area contributed by atoms with E-state index < -0.39 is 0 Å². The van der Waals surface area contributed by atoms with Gasteiger partial charge in [-0.2, -0.15) is 15.4 Å². The van der Waals surface area contributed by atoms with Crippen LogP contribution in [-0.4, -0.2) is 39.3 Å². The number of aromatic amines is 1. The summed E-state index contributed by atoms with van der Waals surface area (Å²) in [4.78, 5) is 14.7. The molecule has 24 heavy (non-hydrogen) atoms. The van der Waals surface area contributed by atoms with Gasteiger partial charge in [-0.05, 0) is 55.0 Å². The number of nitrogens with one attached hydrogen (secondary N) is 1. The Bertz CT molecular complexity index is 878. The van der Waals surface area contributed by atoms with E-state index in [1.165, 1.54) is 11.1 Å². The lowest BCUT2D eigenvalue weighted by atomic mass is 9.87. The number of aromatic nitrogens is 3. The summed E-state index contributed by atoms with van der Waals surface area (Å²) in [5, 5.41) is 10.7. The molecule has 1 aliphatic rings. The molecule has 1 saturated heterocycles. The van der Waals surface area contributed by atoms with Crippen LogP contribution in [0.25, 0.3) is 11.0 Å². The molecule has 0 atom stereocenters. The highest BCUT2D eigenvalue weighted by Crippen LogP contribution is 2.30. The van der Waals surface area contributed by atoms with Gasteiger partial charge in [0.2, 0.25) is 0 Å². The Balaban J connectivity index is 1.47. The number of nitrogens with zero attached hydrogens (tertiary/aromatic N) is 3. The number of hydrogen-bond acceptors (Lipinski definition) is 3. The molecule has 1 aliphatic heterocycles. The molecule has 1 fully saturated rings. The van der Waals surface area contributed by atoms with Crippen molar-refractivity contribution in [1.82, 2.24) is 20.3 Å². The Morgan fingerprint density at radius 2 is 1.83 bits per heavy atom. The lowest BCUT2D eigenvalue weighted by Crippen LogP contribution is -2.38. The van der Waals surface area contributed by atoms with E-state index in [-0.39, 0.29) is 5.91 Å². The molecular formula is C19H20N4O. The van der Waals surface area contributed by atoms with E-state index in [0.717, 1.165) is 37.0 Å². The minimum atomic E-state index is 0.0862. The average molecular weight is 320 g/mol. The molecule has 122 valence electrons. The first-order chi connectivity index (χ1) is 11.7. The zero-order valence-electron chi connectivity index (χ0n) is 13.7. The van der Waals surface area contributed by atoms with Crippen molar-refractivity contribution in [3.05, 3.63) is 59.2 Å². The summed E-state index contributed by atoms with van der Waals surface area (Å²) in [6.07, 6.45) is 2.03. The predicted molar refractivity (Wildman–Crippen MR) is 92.9 cm³/mol. The van der Waals surface area contributed by atoms with Crippen molar-refractivity contribution in [2.45, 2.75) is 25.7 Å². The monoisotopic (exact) mass is 320 g/mol. The Morgan fingerprint density at radius 3 is 2.62 bits per heavy atom. The molecule has 0 bridgehead atoms. The largest absolute Gasteiger partial charge is 0.339 e. The first-order valence-corrected chi connectivity index (χ1v) is 8.38. The molecule has 5 nitrogen and oxygen atoms in total. The lowest BCUT2D eigenvalue weighted by molar-refractivity contribution is 0.0713. The third-order valence-corrected chi connectivity index (χ3v) is 4.97. The van der Waals surface area contributed by atoms with Crippen LogP contribution in [0.2, 0.25) is 0 Å². The number of rotatable bonds is 2. The summed E-state index contributed by atoms with van der Waals surface area (Å²) in [6.45, 7) is 3.77. The van der Waals surface area contributed by atoms with Crippen molar-refractivity contribution in [2.75, 3.05) is 13.1 Å². The Morgan fingerprint density at radius 1 is 1.08 bits per heavy atom. The number of H-pyrrole nitrogens is 1. The summed E-state index contributed by atoms with van der Waals surface area (Å²) in [7, 11) is 0. The minimum absolute atomic E-state index is 0.0862. The SMILES string of the molecule is Cc1ccccc1C1CCN(C(=O)c2ccc3n[nH]nc3c2)CC1. The Kier molecular flexibility index (Phi) is 3.76. The van der Waals surface area contributed by atoms with Gasteiger partial charge in [0.15, 0.2) is 0 Å². The maximum atomic E-state index is 12.7. The molecule has 0 aliphatic carbocycles. The fourth-order valence-corrected chi connectivity index (χ4v) is 3.59. The second-order valence-corrected chi connectivity index (χ2v) is 6.45. The third-order valence-electron chi connectivity index (χ3n) is 4.97. The summed E-state index contributed by atoms with van der Waals surface area (Å²) in [5.74, 6) is 0.636. The lowest BCUT2D eigenvalue weighted by Gasteiger charge is -2.33. The van der Waals surface area contributed by atoms with Crippen LogP contribution in [0, 0.1) is 6.92 Å². The van der Waals surface area contributed by atoms with Crippen molar-refractivity contribution in [1.29, 1.82) is 0 Å². The highest BCUT2D eigenvalue weighted by molar-refractivity contribution is 5.97. The molecule has 0 saturated carbocycles. The van der Waals surface area contributed by atoms with Gasteiger partial charge in [-0.3, -0.25) is 4.79 Å². The van der Waals surface area contributed by atoms with Crippen LogP contribution in [0.3, 0.4) is 0 Å². The fraction of sp³-hybridized carbons (Fsp3) is 0.316. The van der Waals surface area contributed by atoms with E-state index in [2.05, 4.69) is 46.6 Å². The van der Waals surface area contributed by atoms with Crippen LogP contribution in [0.5, 0.6) is 0 Å². The molecule has 1 amide bonds. The van der Waals surface area contributed by atoms with Crippen LogP contribution in [0.15, 0.2) is 42.5 Å². The molecule has 1 N–H and O–H groups in total. The van der Waals surface area contributed by atoms with E-state index in [4.69, 9.17) is 0 Å². The van der Waals surface area contributed by atoms with Crippen LogP contribution in [-0.2, 0) is 0 Å². The Hall–Kier alpha value is -2.69. The topological polar surface area (TPSA) is 61.9 Å². The maximum Gasteiger partial charge on any atom is 0.253 e. The number of benzene rings is 2. The average Bonchev–Trinajstić information content (AvgIpc) is 3.09. The van der Waals surface area contributed by atoms with Gasteiger partial charge in [-0.1, -0.05) is 24.3 Å². The molecule has 0 radical (unpaired) electrons. The predicted octanol–water partition coefficient (Wildman–Crippen LogP) is 3.29. The molecule has 1 aromatic heterocycles. The summed E-state index contributed by atoms with van der Waals surface area (Å²) >= 11 is 0. The van der Waals surface area contributed by atoms with E-state index in [1.807, 2.05) is 23.1 Å². The standard InChI is InChI=1S/C19H20N4O/c1-13-4-2-3-5-16(13)14-8-10-23(11-9-14)19(24)15-6-7-17-18(12-15)21-22-20-17/h2-7,12,14H,8-11H2,1H3,(H,20,21,22). The van der Waals surface area contributed by atoms with Crippen LogP contribution in [0.4, 0.5) is 0 Å². The smallest absolute Gasteiger partial charge is 0.253 e. The first kappa shape index (κ1) is 14.9. The number of hydrogen-bond donors (Lipinski definition) is 1. The Labute approximate surface area is 140 Å². The number of fused-ring (bicyclic) bond motifs is 1. The van der Waals surface area contributed by atoms with E-state index in [1.54, 1.807) is 0 Å². The molecule has 5 heteroatoms. The van der Waals surface area contributed by atoms with E-state index in [0.29, 0.717) is 11.5 Å². The van der Waals surface area contributed by atoms with Crippen molar-refractivity contribution in [3.8, 4) is 0 Å². The summed E-state index contributed by atoms with van der Waals surface area (Å²) in [6, 6.07) is 14.1. The number of aryl methyl sites for hydroxylation is 1. The first-order valence-electron chi connectivity index (χ1n) is 8.38. The fourth-order valence-electron chi connectivity index (χ4n) is 3.59. The number of piperidine rings is 1. The van der Waals surface area contributed by atoms with Crippen LogP contribution < -0.4 is 0 Å². The molecule has 2 heterocycles. The molecule has 3 aromatic rings. The second-order valence-electron chi connectivity index (χ2n) is 6.45.